The van der Waals surface area contributed by atoms with Gasteiger partial charge >= 0.3 is 0 Å². The van der Waals surface area contributed by atoms with Crippen molar-refractivity contribution in [2.45, 2.75) is 12.8 Å². The lowest BCUT2D eigenvalue weighted by Gasteiger charge is -2.11. The number of likely N-dealkylation sites (N-methyl/N-ethyl adjacent to an activating group) is 1. The Kier molecular flexibility index (Phi) is 2.55. The predicted octanol–water partition coefficient (Wildman–Crippen LogP) is 2.76. The van der Waals surface area contributed by atoms with Gasteiger partial charge in [0.1, 0.15) is 5.58 Å². The summed E-state index contributed by atoms with van der Waals surface area (Å²) >= 11 is 0. The first-order chi connectivity index (χ1) is 6.83. The molecule has 1 heterocycles. The molecule has 0 radical (unpaired) electrons. The summed E-state index contributed by atoms with van der Waals surface area (Å²) in [5, 5.41) is 4.37. The van der Waals surface area contributed by atoms with Crippen LogP contribution in [0.4, 0.5) is 0 Å². The molecule has 1 N–H and O–H groups in total. The largest absolute Gasteiger partial charge is 0.464 e. The van der Waals surface area contributed by atoms with Crippen LogP contribution in [0.25, 0.3) is 11.0 Å². The minimum absolute atomic E-state index is 0.481. The molecule has 2 heteroatoms. The molecular formula is C12H15NO. The molecule has 1 unspecified atom stereocenters. The number of benzene rings is 1. The molecule has 74 valence electrons. The Morgan fingerprint density at radius 3 is 3.00 bits per heavy atom. The normalized spacial score (nSPS) is 13.3. The Labute approximate surface area is 83.9 Å². The summed E-state index contributed by atoms with van der Waals surface area (Å²) in [4.78, 5) is 0. The maximum atomic E-state index is 5.49. The second-order valence-electron chi connectivity index (χ2n) is 3.64. The lowest BCUT2D eigenvalue weighted by atomic mass is 9.99. The van der Waals surface area contributed by atoms with Crippen molar-refractivity contribution in [3.8, 4) is 0 Å². The fourth-order valence-corrected chi connectivity index (χ4v) is 1.82. The highest BCUT2D eigenvalue weighted by atomic mass is 16.3. The highest BCUT2D eigenvalue weighted by molar-refractivity contribution is 5.80. The predicted molar refractivity (Wildman–Crippen MR) is 58.6 cm³/mol. The average molecular weight is 189 g/mol. The molecule has 1 atom stereocenters. The number of rotatable bonds is 3. The summed E-state index contributed by atoms with van der Waals surface area (Å²) < 4.78 is 5.49. The summed E-state index contributed by atoms with van der Waals surface area (Å²) in [5.41, 5.74) is 2.30. The molecule has 2 rings (SSSR count). The van der Waals surface area contributed by atoms with E-state index in [0.717, 1.165) is 12.1 Å². The van der Waals surface area contributed by atoms with Crippen molar-refractivity contribution in [1.29, 1.82) is 0 Å². The van der Waals surface area contributed by atoms with Gasteiger partial charge in [0.2, 0.25) is 0 Å². The van der Waals surface area contributed by atoms with Gasteiger partial charge in [-0.15, -0.1) is 0 Å². The topological polar surface area (TPSA) is 25.2 Å². The van der Waals surface area contributed by atoms with Gasteiger partial charge in [0.25, 0.3) is 0 Å². The Morgan fingerprint density at radius 2 is 2.21 bits per heavy atom. The van der Waals surface area contributed by atoms with Crippen LogP contribution in [-0.4, -0.2) is 13.6 Å². The second kappa shape index (κ2) is 3.84. The standard InChI is InChI=1S/C12H15NO/c1-9(8-13-2)11-5-3-4-10-6-7-14-12(10)11/h3-7,9,13H,8H2,1-2H3. The van der Waals surface area contributed by atoms with E-state index < -0.39 is 0 Å². The molecule has 2 nitrogen and oxygen atoms in total. The van der Waals surface area contributed by atoms with E-state index in [1.165, 1.54) is 10.9 Å². The third kappa shape index (κ3) is 1.53. The molecule has 0 aliphatic rings. The summed E-state index contributed by atoms with van der Waals surface area (Å²) in [6.07, 6.45) is 1.75. The molecular weight excluding hydrogens is 174 g/mol. The highest BCUT2D eigenvalue weighted by Gasteiger charge is 2.10. The van der Waals surface area contributed by atoms with Crippen molar-refractivity contribution in [1.82, 2.24) is 5.32 Å². The van der Waals surface area contributed by atoms with E-state index in [1.54, 1.807) is 6.26 Å². The van der Waals surface area contributed by atoms with Gasteiger partial charge in [-0.2, -0.15) is 0 Å². The van der Waals surface area contributed by atoms with Crippen LogP contribution in [0.2, 0.25) is 0 Å². The molecule has 1 aromatic heterocycles. The van der Waals surface area contributed by atoms with Crippen LogP contribution in [0, 0.1) is 0 Å². The number of para-hydroxylation sites is 1. The zero-order chi connectivity index (χ0) is 9.97. The van der Waals surface area contributed by atoms with E-state index >= 15 is 0 Å². The van der Waals surface area contributed by atoms with Gasteiger partial charge in [0, 0.05) is 11.9 Å². The zero-order valence-corrected chi connectivity index (χ0v) is 8.58. The Morgan fingerprint density at radius 1 is 1.36 bits per heavy atom. The van der Waals surface area contributed by atoms with Gasteiger partial charge in [-0.05, 0) is 24.6 Å². The molecule has 14 heavy (non-hydrogen) atoms. The van der Waals surface area contributed by atoms with Crippen LogP contribution in [-0.2, 0) is 0 Å². The van der Waals surface area contributed by atoms with Crippen LogP contribution < -0.4 is 5.32 Å². The highest BCUT2D eigenvalue weighted by Crippen LogP contribution is 2.25. The van der Waals surface area contributed by atoms with Crippen LogP contribution in [0.3, 0.4) is 0 Å². The van der Waals surface area contributed by atoms with E-state index in [1.807, 2.05) is 13.1 Å². The van der Waals surface area contributed by atoms with Crippen LogP contribution >= 0.6 is 0 Å². The minimum atomic E-state index is 0.481. The van der Waals surface area contributed by atoms with Crippen molar-refractivity contribution in [2.75, 3.05) is 13.6 Å². The summed E-state index contributed by atoms with van der Waals surface area (Å²) in [7, 11) is 1.97. The summed E-state index contributed by atoms with van der Waals surface area (Å²) in [6.45, 7) is 3.17. The third-order valence-corrected chi connectivity index (χ3v) is 2.55. The van der Waals surface area contributed by atoms with Crippen molar-refractivity contribution in [3.63, 3.8) is 0 Å². The Balaban J connectivity index is 2.45. The van der Waals surface area contributed by atoms with Gasteiger partial charge in [0.15, 0.2) is 0 Å². The van der Waals surface area contributed by atoms with E-state index in [2.05, 4.69) is 30.4 Å². The SMILES string of the molecule is CNCC(C)c1cccc2ccoc12. The van der Waals surface area contributed by atoms with Crippen LogP contribution in [0.15, 0.2) is 34.9 Å². The van der Waals surface area contributed by atoms with E-state index in [9.17, 15) is 0 Å². The molecule has 0 saturated carbocycles. The maximum Gasteiger partial charge on any atom is 0.137 e. The quantitative estimate of drug-likeness (QED) is 0.803. The maximum absolute atomic E-state index is 5.49. The summed E-state index contributed by atoms with van der Waals surface area (Å²) in [6, 6.07) is 8.30. The fraction of sp³-hybridized carbons (Fsp3) is 0.333. The molecule has 2 aromatic rings. The first kappa shape index (κ1) is 9.28. The van der Waals surface area contributed by atoms with E-state index in [0.29, 0.717) is 5.92 Å². The molecule has 0 aliphatic heterocycles. The molecule has 0 amide bonds. The van der Waals surface area contributed by atoms with Crippen molar-refractivity contribution >= 4 is 11.0 Å². The zero-order valence-electron chi connectivity index (χ0n) is 8.58. The molecule has 0 spiro atoms. The number of fused-ring (bicyclic) bond motifs is 1. The van der Waals surface area contributed by atoms with E-state index in [-0.39, 0.29) is 0 Å². The first-order valence-corrected chi connectivity index (χ1v) is 4.93. The van der Waals surface area contributed by atoms with Gasteiger partial charge in [-0.1, -0.05) is 25.1 Å². The van der Waals surface area contributed by atoms with Gasteiger partial charge in [-0.3, -0.25) is 0 Å². The van der Waals surface area contributed by atoms with Gasteiger partial charge in [-0.25, -0.2) is 0 Å². The monoisotopic (exact) mass is 189 g/mol. The number of hydrogen-bond donors (Lipinski definition) is 1. The average Bonchev–Trinajstić information content (AvgIpc) is 2.65. The molecule has 1 aromatic carbocycles. The number of hydrogen-bond acceptors (Lipinski definition) is 2. The molecule has 0 saturated heterocycles. The molecule has 0 aliphatic carbocycles. The van der Waals surface area contributed by atoms with Gasteiger partial charge < -0.3 is 9.73 Å². The minimum Gasteiger partial charge on any atom is -0.464 e. The van der Waals surface area contributed by atoms with Crippen LogP contribution in [0.5, 0.6) is 0 Å². The third-order valence-electron chi connectivity index (χ3n) is 2.55. The smallest absolute Gasteiger partial charge is 0.137 e. The van der Waals surface area contributed by atoms with E-state index in [4.69, 9.17) is 4.42 Å². The Bertz CT molecular complexity index is 419. The van der Waals surface area contributed by atoms with Crippen molar-refractivity contribution in [2.24, 2.45) is 0 Å². The van der Waals surface area contributed by atoms with Crippen LogP contribution in [0.1, 0.15) is 18.4 Å². The van der Waals surface area contributed by atoms with Gasteiger partial charge in [0.05, 0.1) is 6.26 Å². The summed E-state index contributed by atoms with van der Waals surface area (Å²) in [5.74, 6) is 0.481. The lowest BCUT2D eigenvalue weighted by Crippen LogP contribution is -2.14. The Hall–Kier alpha value is -1.28. The first-order valence-electron chi connectivity index (χ1n) is 4.93. The fourth-order valence-electron chi connectivity index (χ4n) is 1.82. The van der Waals surface area contributed by atoms with Crippen molar-refractivity contribution < 1.29 is 4.42 Å². The van der Waals surface area contributed by atoms with Crippen molar-refractivity contribution in [3.05, 3.63) is 36.1 Å². The molecule has 0 fully saturated rings. The number of nitrogens with one attached hydrogen (secondary N) is 1. The second-order valence-corrected chi connectivity index (χ2v) is 3.64. The number of furan rings is 1. The molecule has 0 bridgehead atoms. The lowest BCUT2D eigenvalue weighted by molar-refractivity contribution is 0.598.